The molecule has 1 aliphatic rings. The molecule has 0 unspecified atom stereocenters. The molecule has 1 aliphatic heterocycles. The molecule has 1 amide bonds. The fraction of sp³-hybridized carbons (Fsp3) is 0.207. The number of carbonyl (C=O) groups is 1. The molecular weight excluding hydrogens is 501 g/mol. The van der Waals surface area contributed by atoms with Gasteiger partial charge >= 0.3 is 0 Å². The summed E-state index contributed by atoms with van der Waals surface area (Å²) in [6.07, 6.45) is 1.93. The van der Waals surface area contributed by atoms with E-state index >= 15 is 0 Å². The molecule has 4 aromatic rings. The number of benzene rings is 2. The molecule has 2 atom stereocenters. The molecule has 0 aliphatic carbocycles. The number of hydrogen-bond donors (Lipinski definition) is 3. The summed E-state index contributed by atoms with van der Waals surface area (Å²) in [5.41, 5.74) is 5.01. The predicted molar refractivity (Wildman–Crippen MR) is 149 cm³/mol. The van der Waals surface area contributed by atoms with E-state index in [1.807, 2.05) is 53.6 Å². The van der Waals surface area contributed by atoms with Crippen LogP contribution < -0.4 is 10.6 Å². The van der Waals surface area contributed by atoms with Gasteiger partial charge in [0.15, 0.2) is 5.11 Å². The van der Waals surface area contributed by atoms with Crippen LogP contribution >= 0.6 is 12.2 Å². The van der Waals surface area contributed by atoms with Crippen molar-refractivity contribution in [1.82, 2.24) is 19.8 Å². The molecule has 3 heterocycles. The molecular formula is C29H28FN5O2S. The molecule has 194 valence electrons. The molecule has 7 nitrogen and oxygen atoms in total. The topological polar surface area (TPSA) is 82.4 Å². The quantitative estimate of drug-likeness (QED) is 0.281. The lowest BCUT2D eigenvalue weighted by atomic mass is 9.96. The van der Waals surface area contributed by atoms with Gasteiger partial charge in [0, 0.05) is 36.2 Å². The molecule has 0 bridgehead atoms. The molecule has 1 fully saturated rings. The van der Waals surface area contributed by atoms with Crippen molar-refractivity contribution in [1.29, 1.82) is 0 Å². The van der Waals surface area contributed by atoms with Crippen LogP contribution in [0.5, 0.6) is 5.75 Å². The Hall–Kier alpha value is -4.24. The maximum absolute atomic E-state index is 13.2. The van der Waals surface area contributed by atoms with Crippen molar-refractivity contribution in [3.05, 3.63) is 107 Å². The molecule has 0 spiro atoms. The van der Waals surface area contributed by atoms with Crippen LogP contribution in [-0.2, 0) is 4.79 Å². The number of para-hydroxylation sites is 2. The van der Waals surface area contributed by atoms with Gasteiger partial charge in [-0.3, -0.25) is 9.78 Å². The molecule has 2 aromatic heterocycles. The number of thiocarbonyl (C=S) groups is 1. The first kappa shape index (κ1) is 25.4. The first-order chi connectivity index (χ1) is 18.3. The maximum atomic E-state index is 13.2. The third-order valence-electron chi connectivity index (χ3n) is 6.82. The van der Waals surface area contributed by atoms with Gasteiger partial charge in [-0.2, -0.15) is 0 Å². The van der Waals surface area contributed by atoms with Crippen LogP contribution in [0.3, 0.4) is 0 Å². The van der Waals surface area contributed by atoms with Crippen LogP contribution in [0.25, 0.3) is 5.69 Å². The second kappa shape index (κ2) is 10.6. The summed E-state index contributed by atoms with van der Waals surface area (Å²) in [5, 5.41) is 17.3. The highest BCUT2D eigenvalue weighted by atomic mass is 32.1. The second-order valence-corrected chi connectivity index (χ2v) is 9.66. The summed E-state index contributed by atoms with van der Waals surface area (Å²) in [7, 11) is 0. The average Bonchev–Trinajstić information content (AvgIpc) is 3.39. The van der Waals surface area contributed by atoms with Gasteiger partial charge < -0.3 is 25.2 Å². The number of pyridine rings is 1. The predicted octanol–water partition coefficient (Wildman–Crippen LogP) is 5.34. The van der Waals surface area contributed by atoms with Crippen molar-refractivity contribution in [2.75, 3.05) is 11.9 Å². The number of aromatic nitrogens is 2. The lowest BCUT2D eigenvalue weighted by Gasteiger charge is -2.28. The van der Waals surface area contributed by atoms with Gasteiger partial charge in [-0.1, -0.05) is 18.2 Å². The van der Waals surface area contributed by atoms with Crippen LogP contribution in [0.15, 0.2) is 79.0 Å². The van der Waals surface area contributed by atoms with E-state index in [1.165, 1.54) is 24.3 Å². The van der Waals surface area contributed by atoms with Crippen molar-refractivity contribution in [3.63, 3.8) is 0 Å². The van der Waals surface area contributed by atoms with Crippen LogP contribution in [0.4, 0.5) is 10.1 Å². The van der Waals surface area contributed by atoms with Crippen molar-refractivity contribution in [2.24, 2.45) is 0 Å². The smallest absolute Gasteiger partial charge is 0.226 e. The fourth-order valence-corrected chi connectivity index (χ4v) is 5.41. The Bertz CT molecular complexity index is 1470. The number of aromatic hydroxyl groups is 1. The van der Waals surface area contributed by atoms with Gasteiger partial charge in [0.05, 0.1) is 23.5 Å². The summed E-state index contributed by atoms with van der Waals surface area (Å²) in [6, 6.07) is 20.3. The fourth-order valence-electron chi connectivity index (χ4n) is 5.07. The summed E-state index contributed by atoms with van der Waals surface area (Å²) in [6.45, 7) is 4.39. The number of amides is 1. The van der Waals surface area contributed by atoms with E-state index < -0.39 is 0 Å². The van der Waals surface area contributed by atoms with Crippen LogP contribution in [0.2, 0.25) is 0 Å². The van der Waals surface area contributed by atoms with Crippen LogP contribution in [0.1, 0.15) is 41.1 Å². The molecule has 2 aromatic carbocycles. The van der Waals surface area contributed by atoms with Crippen molar-refractivity contribution in [2.45, 2.75) is 32.4 Å². The van der Waals surface area contributed by atoms with Gasteiger partial charge in [0.1, 0.15) is 11.6 Å². The van der Waals surface area contributed by atoms with E-state index in [9.17, 15) is 14.3 Å². The minimum atomic E-state index is -0.360. The van der Waals surface area contributed by atoms with E-state index in [0.717, 1.165) is 22.6 Å². The lowest BCUT2D eigenvalue weighted by molar-refractivity contribution is -0.116. The Morgan fingerprint density at radius 1 is 1.11 bits per heavy atom. The summed E-state index contributed by atoms with van der Waals surface area (Å²) in [4.78, 5) is 19.4. The highest BCUT2D eigenvalue weighted by Crippen LogP contribution is 2.42. The molecule has 5 rings (SSSR count). The van der Waals surface area contributed by atoms with E-state index in [-0.39, 0.29) is 36.0 Å². The monoisotopic (exact) mass is 529 g/mol. The number of anilines is 1. The van der Waals surface area contributed by atoms with Crippen molar-refractivity contribution in [3.8, 4) is 11.4 Å². The highest BCUT2D eigenvalue weighted by molar-refractivity contribution is 7.80. The Morgan fingerprint density at radius 3 is 2.55 bits per heavy atom. The van der Waals surface area contributed by atoms with Gasteiger partial charge in [-0.25, -0.2) is 4.39 Å². The van der Waals surface area contributed by atoms with Crippen molar-refractivity contribution < 1.29 is 14.3 Å². The summed E-state index contributed by atoms with van der Waals surface area (Å²) >= 11 is 5.75. The Labute approximate surface area is 225 Å². The number of carbonyl (C=O) groups excluding carboxylic acids is 1. The molecule has 9 heteroatoms. The zero-order valence-corrected chi connectivity index (χ0v) is 21.9. The highest BCUT2D eigenvalue weighted by Gasteiger charge is 2.41. The molecule has 1 saturated heterocycles. The Morgan fingerprint density at radius 2 is 1.84 bits per heavy atom. The minimum Gasteiger partial charge on any atom is -0.506 e. The third kappa shape index (κ3) is 4.97. The van der Waals surface area contributed by atoms with Crippen molar-refractivity contribution >= 4 is 28.9 Å². The standard InChI is InChI=1S/C29H28FN5O2S/c1-18-17-22(19(2)35(18)24-8-3-4-9-25(24)36)28-27(23-7-5-6-15-31-23)33-29(38)34(28)16-14-26(37)32-21-12-10-20(30)11-13-21/h3-13,15,17,27-28,36H,14,16H2,1-2H3,(H,32,37)(H,33,38)/t27-,28+/m1/s1. The Balaban J connectivity index is 1.47. The summed E-state index contributed by atoms with van der Waals surface area (Å²) < 4.78 is 15.3. The van der Waals surface area contributed by atoms with Crippen LogP contribution in [0, 0.1) is 19.7 Å². The van der Waals surface area contributed by atoms with Gasteiger partial charge in [-0.15, -0.1) is 0 Å². The molecule has 0 saturated carbocycles. The normalized spacial score (nSPS) is 16.9. The zero-order chi connectivity index (χ0) is 26.8. The second-order valence-electron chi connectivity index (χ2n) is 9.28. The largest absolute Gasteiger partial charge is 0.506 e. The minimum absolute atomic E-state index is 0.183. The van der Waals surface area contributed by atoms with E-state index in [4.69, 9.17) is 12.2 Å². The number of halogens is 1. The number of aryl methyl sites for hydroxylation is 1. The van der Waals surface area contributed by atoms with E-state index in [1.54, 1.807) is 18.3 Å². The Kier molecular flexibility index (Phi) is 7.11. The average molecular weight is 530 g/mol. The van der Waals surface area contributed by atoms with Gasteiger partial charge in [0.25, 0.3) is 0 Å². The number of phenolic OH excluding ortho intramolecular Hbond substituents is 1. The number of nitrogens with zero attached hydrogens (tertiary/aromatic N) is 3. The first-order valence-electron chi connectivity index (χ1n) is 12.3. The zero-order valence-electron chi connectivity index (χ0n) is 21.1. The molecule has 3 N–H and O–H groups in total. The number of phenols is 1. The van der Waals surface area contributed by atoms with E-state index in [0.29, 0.717) is 23.0 Å². The number of rotatable bonds is 7. The summed E-state index contributed by atoms with van der Waals surface area (Å²) in [5.74, 6) is -0.364. The third-order valence-corrected chi connectivity index (χ3v) is 7.17. The van der Waals surface area contributed by atoms with Gasteiger partial charge in [0.2, 0.25) is 5.91 Å². The van der Waals surface area contributed by atoms with E-state index in [2.05, 4.69) is 21.7 Å². The lowest BCUT2D eigenvalue weighted by Crippen LogP contribution is -2.32. The maximum Gasteiger partial charge on any atom is 0.226 e. The van der Waals surface area contributed by atoms with Gasteiger partial charge in [-0.05, 0) is 86.2 Å². The molecule has 38 heavy (non-hydrogen) atoms. The SMILES string of the molecule is Cc1cc([C@H]2[C@@H](c3ccccn3)NC(=S)N2CCC(=O)Nc2ccc(F)cc2)c(C)n1-c1ccccc1O. The number of nitrogens with one attached hydrogen (secondary N) is 2. The first-order valence-corrected chi connectivity index (χ1v) is 12.7. The van der Waals surface area contributed by atoms with Crippen LogP contribution in [-0.4, -0.2) is 37.1 Å². The number of hydrogen-bond acceptors (Lipinski definition) is 4. The molecule has 0 radical (unpaired) electrons.